The number of halogens is 1. The number of carboxylic acid groups (broad SMARTS) is 1. The zero-order valence-electron chi connectivity index (χ0n) is 12.7. The Labute approximate surface area is 143 Å². The summed E-state index contributed by atoms with van der Waals surface area (Å²) in [6, 6.07) is 15.7. The number of rotatable bonds is 4. The van der Waals surface area contributed by atoms with E-state index in [4.69, 9.17) is 16.3 Å². The molecule has 0 saturated carbocycles. The van der Waals surface area contributed by atoms with Crippen molar-refractivity contribution < 1.29 is 14.6 Å². The fourth-order valence-corrected chi connectivity index (χ4v) is 2.39. The quantitative estimate of drug-likeness (QED) is 0.751. The Morgan fingerprint density at radius 1 is 1.08 bits per heavy atom. The van der Waals surface area contributed by atoms with E-state index in [9.17, 15) is 9.90 Å². The normalized spacial score (nSPS) is 10.4. The zero-order chi connectivity index (χ0) is 17.1. The second kappa shape index (κ2) is 6.68. The van der Waals surface area contributed by atoms with Gasteiger partial charge in [0.05, 0.1) is 5.69 Å². The highest BCUT2D eigenvalue weighted by atomic mass is 35.5. The zero-order valence-corrected chi connectivity index (χ0v) is 13.5. The van der Waals surface area contributed by atoms with Gasteiger partial charge in [0.2, 0.25) is 5.88 Å². The SMILES string of the molecule is Cc1nc(Oc2ccc(Cl)cc2C(=O)O)cc(-c2ccccc2)n1. The van der Waals surface area contributed by atoms with Crippen LogP contribution in [0.1, 0.15) is 16.2 Å². The van der Waals surface area contributed by atoms with Crippen molar-refractivity contribution in [2.75, 3.05) is 0 Å². The van der Waals surface area contributed by atoms with Gasteiger partial charge in [0.15, 0.2) is 0 Å². The molecule has 0 spiro atoms. The van der Waals surface area contributed by atoms with Crippen molar-refractivity contribution in [1.29, 1.82) is 0 Å². The van der Waals surface area contributed by atoms with Crippen molar-refractivity contribution in [3.63, 3.8) is 0 Å². The Morgan fingerprint density at radius 3 is 2.54 bits per heavy atom. The van der Waals surface area contributed by atoms with Crippen LogP contribution in [-0.4, -0.2) is 21.0 Å². The molecule has 0 aliphatic carbocycles. The number of carboxylic acids is 1. The lowest BCUT2D eigenvalue weighted by Crippen LogP contribution is -2.02. The molecular formula is C18H13ClN2O3. The Balaban J connectivity index is 2.00. The fraction of sp³-hybridized carbons (Fsp3) is 0.0556. The standard InChI is InChI=1S/C18H13ClN2O3/c1-11-20-15(12-5-3-2-4-6-12)10-17(21-11)24-16-8-7-13(19)9-14(16)18(22)23/h2-10H,1H3,(H,22,23). The predicted molar refractivity (Wildman–Crippen MR) is 90.7 cm³/mol. The second-order valence-corrected chi connectivity index (χ2v) is 5.49. The first-order valence-corrected chi connectivity index (χ1v) is 7.52. The summed E-state index contributed by atoms with van der Waals surface area (Å²) in [6.07, 6.45) is 0. The number of aromatic carboxylic acids is 1. The van der Waals surface area contributed by atoms with Crippen LogP contribution in [0.2, 0.25) is 5.02 Å². The smallest absolute Gasteiger partial charge is 0.339 e. The minimum absolute atomic E-state index is 0.0278. The molecule has 1 heterocycles. The largest absolute Gasteiger partial charge is 0.478 e. The van der Waals surface area contributed by atoms with Crippen molar-refractivity contribution in [3.05, 3.63) is 71.0 Å². The van der Waals surface area contributed by atoms with Gasteiger partial charge < -0.3 is 9.84 Å². The predicted octanol–water partition coefficient (Wildman–Crippen LogP) is 4.60. The molecular weight excluding hydrogens is 328 g/mol. The lowest BCUT2D eigenvalue weighted by molar-refractivity contribution is 0.0694. The third-order valence-electron chi connectivity index (χ3n) is 3.27. The van der Waals surface area contributed by atoms with Gasteiger partial charge in [-0.25, -0.2) is 9.78 Å². The van der Waals surface area contributed by atoms with Crippen molar-refractivity contribution >= 4 is 17.6 Å². The number of carbonyl (C=O) groups is 1. The molecule has 1 N–H and O–H groups in total. The lowest BCUT2D eigenvalue weighted by Gasteiger charge is -2.10. The fourth-order valence-electron chi connectivity index (χ4n) is 2.22. The summed E-state index contributed by atoms with van der Waals surface area (Å²) < 4.78 is 5.68. The van der Waals surface area contributed by atoms with E-state index in [1.54, 1.807) is 19.1 Å². The van der Waals surface area contributed by atoms with Gasteiger partial charge in [-0.15, -0.1) is 0 Å². The van der Waals surface area contributed by atoms with E-state index in [2.05, 4.69) is 9.97 Å². The number of hydrogen-bond donors (Lipinski definition) is 1. The summed E-state index contributed by atoms with van der Waals surface area (Å²) in [5.41, 5.74) is 1.59. The molecule has 0 unspecified atom stereocenters. The summed E-state index contributed by atoms with van der Waals surface area (Å²) in [6.45, 7) is 1.75. The first-order valence-electron chi connectivity index (χ1n) is 7.15. The Bertz CT molecular complexity index is 898. The van der Waals surface area contributed by atoms with E-state index in [0.29, 0.717) is 16.5 Å². The summed E-state index contributed by atoms with van der Waals surface area (Å²) in [4.78, 5) is 20.0. The summed E-state index contributed by atoms with van der Waals surface area (Å²) in [5, 5.41) is 9.61. The summed E-state index contributed by atoms with van der Waals surface area (Å²) in [5.74, 6) is -0.158. The summed E-state index contributed by atoms with van der Waals surface area (Å²) >= 11 is 5.85. The number of nitrogens with zero attached hydrogens (tertiary/aromatic N) is 2. The average molecular weight is 341 g/mol. The molecule has 0 saturated heterocycles. The molecule has 6 heteroatoms. The lowest BCUT2D eigenvalue weighted by atomic mass is 10.1. The molecule has 0 bridgehead atoms. The highest BCUT2D eigenvalue weighted by Gasteiger charge is 2.14. The second-order valence-electron chi connectivity index (χ2n) is 5.05. The number of hydrogen-bond acceptors (Lipinski definition) is 4. The van der Waals surface area contributed by atoms with Crippen molar-refractivity contribution in [2.45, 2.75) is 6.92 Å². The molecule has 120 valence electrons. The van der Waals surface area contributed by atoms with Crippen LogP contribution in [0.3, 0.4) is 0 Å². The van der Waals surface area contributed by atoms with Crippen LogP contribution in [0.25, 0.3) is 11.3 Å². The van der Waals surface area contributed by atoms with Gasteiger partial charge in [0, 0.05) is 16.7 Å². The summed E-state index contributed by atoms with van der Waals surface area (Å²) in [7, 11) is 0. The van der Waals surface area contributed by atoms with Crippen LogP contribution < -0.4 is 4.74 Å². The van der Waals surface area contributed by atoms with Gasteiger partial charge in [-0.1, -0.05) is 41.9 Å². The van der Waals surface area contributed by atoms with E-state index < -0.39 is 5.97 Å². The van der Waals surface area contributed by atoms with Gasteiger partial charge in [-0.3, -0.25) is 0 Å². The first kappa shape index (κ1) is 16.0. The maximum absolute atomic E-state index is 11.3. The van der Waals surface area contributed by atoms with Gasteiger partial charge in [0.1, 0.15) is 17.1 Å². The van der Waals surface area contributed by atoms with Crippen LogP contribution in [0.15, 0.2) is 54.6 Å². The van der Waals surface area contributed by atoms with Crippen molar-refractivity contribution in [2.24, 2.45) is 0 Å². The number of aromatic nitrogens is 2. The number of aryl methyl sites for hydroxylation is 1. The average Bonchev–Trinajstić information content (AvgIpc) is 2.56. The highest BCUT2D eigenvalue weighted by Crippen LogP contribution is 2.29. The van der Waals surface area contributed by atoms with Crippen LogP contribution in [0.4, 0.5) is 0 Å². The van der Waals surface area contributed by atoms with Crippen molar-refractivity contribution in [1.82, 2.24) is 9.97 Å². The highest BCUT2D eigenvalue weighted by molar-refractivity contribution is 6.31. The van der Waals surface area contributed by atoms with Gasteiger partial charge in [-0.2, -0.15) is 4.98 Å². The number of ether oxygens (including phenoxy) is 1. The number of benzene rings is 2. The molecule has 0 fully saturated rings. The molecule has 24 heavy (non-hydrogen) atoms. The Kier molecular flexibility index (Phi) is 4.44. The van der Waals surface area contributed by atoms with E-state index in [1.165, 1.54) is 12.1 Å². The van der Waals surface area contributed by atoms with Crippen molar-refractivity contribution in [3.8, 4) is 22.9 Å². The molecule has 1 aromatic heterocycles. The third-order valence-corrected chi connectivity index (χ3v) is 3.51. The molecule has 5 nitrogen and oxygen atoms in total. The molecule has 0 radical (unpaired) electrons. The third kappa shape index (κ3) is 3.52. The maximum Gasteiger partial charge on any atom is 0.339 e. The molecule has 3 aromatic rings. The van der Waals surface area contributed by atoms with Gasteiger partial charge in [-0.05, 0) is 25.1 Å². The first-order chi connectivity index (χ1) is 11.5. The van der Waals surface area contributed by atoms with E-state index >= 15 is 0 Å². The Hall–Kier alpha value is -2.92. The van der Waals surface area contributed by atoms with E-state index in [1.807, 2.05) is 30.3 Å². The molecule has 3 rings (SSSR count). The van der Waals surface area contributed by atoms with Crippen LogP contribution in [0.5, 0.6) is 11.6 Å². The molecule has 0 aliphatic heterocycles. The van der Waals surface area contributed by atoms with Crippen LogP contribution in [-0.2, 0) is 0 Å². The minimum Gasteiger partial charge on any atom is -0.478 e. The molecule has 2 aromatic carbocycles. The minimum atomic E-state index is -1.12. The van der Waals surface area contributed by atoms with E-state index in [0.717, 1.165) is 5.56 Å². The van der Waals surface area contributed by atoms with Crippen LogP contribution in [0, 0.1) is 6.92 Å². The monoisotopic (exact) mass is 340 g/mol. The van der Waals surface area contributed by atoms with Crippen LogP contribution >= 0.6 is 11.6 Å². The molecule has 0 amide bonds. The van der Waals surface area contributed by atoms with Gasteiger partial charge in [0.25, 0.3) is 0 Å². The van der Waals surface area contributed by atoms with E-state index in [-0.39, 0.29) is 17.2 Å². The Morgan fingerprint density at radius 2 is 1.83 bits per heavy atom. The topological polar surface area (TPSA) is 72.3 Å². The maximum atomic E-state index is 11.3. The van der Waals surface area contributed by atoms with Gasteiger partial charge >= 0.3 is 5.97 Å². The molecule has 0 aliphatic rings. The molecule has 0 atom stereocenters.